The number of methoxy groups -OCH3 is 1. The van der Waals surface area contributed by atoms with Crippen molar-refractivity contribution in [2.24, 2.45) is 11.8 Å². The van der Waals surface area contributed by atoms with Crippen molar-refractivity contribution in [2.45, 2.75) is 38.5 Å². The SMILES string of the molecule is COc1cc(OCCCC2CCNC2)c(N)c2c1-c1c(OCCCC3CCNC3)cccc1C2=O. The summed E-state index contributed by atoms with van der Waals surface area (Å²) in [4.78, 5) is 13.4. The second kappa shape index (κ2) is 10.9. The number of ketones is 1. The molecule has 0 radical (unpaired) electrons. The molecule has 0 amide bonds. The van der Waals surface area contributed by atoms with Crippen LogP contribution in [0.4, 0.5) is 5.69 Å². The van der Waals surface area contributed by atoms with Crippen LogP contribution in [0.2, 0.25) is 0 Å². The lowest BCUT2D eigenvalue weighted by Crippen LogP contribution is -2.10. The summed E-state index contributed by atoms with van der Waals surface area (Å²) in [5.41, 5.74) is 9.45. The fourth-order valence-electron chi connectivity index (χ4n) is 5.68. The molecule has 7 heteroatoms. The van der Waals surface area contributed by atoms with E-state index in [9.17, 15) is 4.79 Å². The summed E-state index contributed by atoms with van der Waals surface area (Å²) >= 11 is 0. The fraction of sp³-hybridized carbons (Fsp3) is 0.536. The monoisotopic (exact) mass is 479 g/mol. The molecule has 2 unspecified atom stereocenters. The quantitative estimate of drug-likeness (QED) is 0.282. The number of hydrogen-bond acceptors (Lipinski definition) is 7. The van der Waals surface area contributed by atoms with Crippen LogP contribution in [0.5, 0.6) is 17.2 Å². The summed E-state index contributed by atoms with van der Waals surface area (Å²) in [6.07, 6.45) is 6.67. The van der Waals surface area contributed by atoms with E-state index in [2.05, 4.69) is 10.6 Å². The number of anilines is 1. The van der Waals surface area contributed by atoms with E-state index in [0.29, 0.717) is 52.8 Å². The summed E-state index contributed by atoms with van der Waals surface area (Å²) in [6, 6.07) is 7.45. The Morgan fingerprint density at radius 1 is 0.886 bits per heavy atom. The molecule has 0 saturated carbocycles. The molecule has 2 fully saturated rings. The normalized spacial score (nSPS) is 20.7. The van der Waals surface area contributed by atoms with E-state index in [1.54, 1.807) is 7.11 Å². The van der Waals surface area contributed by atoms with Gasteiger partial charge in [0.05, 0.1) is 31.6 Å². The molecule has 2 saturated heterocycles. The largest absolute Gasteiger partial charge is 0.496 e. The highest BCUT2D eigenvalue weighted by molar-refractivity contribution is 6.26. The average molecular weight is 480 g/mol. The first-order valence-electron chi connectivity index (χ1n) is 13.0. The first-order chi connectivity index (χ1) is 17.2. The Labute approximate surface area is 207 Å². The average Bonchev–Trinajstić information content (AvgIpc) is 3.63. The number of nitrogens with two attached hydrogens (primary N) is 1. The van der Waals surface area contributed by atoms with E-state index in [4.69, 9.17) is 19.9 Å². The van der Waals surface area contributed by atoms with Gasteiger partial charge in [0.25, 0.3) is 0 Å². The van der Waals surface area contributed by atoms with Crippen molar-refractivity contribution < 1.29 is 19.0 Å². The summed E-state index contributed by atoms with van der Waals surface area (Å²) in [5.74, 6) is 3.15. The minimum absolute atomic E-state index is 0.101. The number of carbonyl (C=O) groups excluding carboxylic acids is 1. The van der Waals surface area contributed by atoms with Crippen molar-refractivity contribution in [3.63, 3.8) is 0 Å². The van der Waals surface area contributed by atoms with Crippen LogP contribution in [0.25, 0.3) is 11.1 Å². The van der Waals surface area contributed by atoms with E-state index < -0.39 is 0 Å². The second-order valence-electron chi connectivity index (χ2n) is 9.95. The molecule has 35 heavy (non-hydrogen) atoms. The molecule has 2 aromatic carbocycles. The molecule has 1 aliphatic carbocycles. The molecule has 5 rings (SSSR count). The van der Waals surface area contributed by atoms with Crippen molar-refractivity contribution in [3.05, 3.63) is 35.4 Å². The molecule has 3 aliphatic rings. The predicted molar refractivity (Wildman–Crippen MR) is 138 cm³/mol. The van der Waals surface area contributed by atoms with Crippen LogP contribution < -0.4 is 30.6 Å². The molecule has 4 N–H and O–H groups in total. The lowest BCUT2D eigenvalue weighted by molar-refractivity contribution is 0.104. The van der Waals surface area contributed by atoms with Crippen LogP contribution in [0.15, 0.2) is 24.3 Å². The maximum absolute atomic E-state index is 13.4. The van der Waals surface area contributed by atoms with Gasteiger partial charge < -0.3 is 30.6 Å². The van der Waals surface area contributed by atoms with Crippen LogP contribution in [0, 0.1) is 11.8 Å². The van der Waals surface area contributed by atoms with Gasteiger partial charge in [-0.05, 0) is 82.6 Å². The third-order valence-electron chi connectivity index (χ3n) is 7.61. The van der Waals surface area contributed by atoms with Crippen molar-refractivity contribution >= 4 is 11.5 Å². The van der Waals surface area contributed by atoms with Crippen LogP contribution >= 0.6 is 0 Å². The maximum atomic E-state index is 13.4. The van der Waals surface area contributed by atoms with Crippen LogP contribution in [0.3, 0.4) is 0 Å². The molecule has 188 valence electrons. The Morgan fingerprint density at radius 2 is 1.54 bits per heavy atom. The van der Waals surface area contributed by atoms with Gasteiger partial charge in [-0.2, -0.15) is 0 Å². The first-order valence-corrected chi connectivity index (χ1v) is 13.0. The number of carbonyl (C=O) groups is 1. The Kier molecular flexibility index (Phi) is 7.44. The van der Waals surface area contributed by atoms with Crippen molar-refractivity contribution in [1.82, 2.24) is 10.6 Å². The summed E-state index contributed by atoms with van der Waals surface area (Å²) in [7, 11) is 1.62. The van der Waals surface area contributed by atoms with Gasteiger partial charge in [0.2, 0.25) is 0 Å². The number of ether oxygens (including phenoxy) is 3. The highest BCUT2D eigenvalue weighted by atomic mass is 16.5. The Morgan fingerprint density at radius 3 is 2.14 bits per heavy atom. The Hall–Kier alpha value is -2.77. The van der Waals surface area contributed by atoms with E-state index in [0.717, 1.165) is 69.3 Å². The van der Waals surface area contributed by atoms with Gasteiger partial charge >= 0.3 is 0 Å². The predicted octanol–water partition coefficient (Wildman–Crippen LogP) is 4.03. The molecule has 2 aliphatic heterocycles. The van der Waals surface area contributed by atoms with E-state index in [1.165, 1.54) is 12.8 Å². The first kappa shape index (κ1) is 23.9. The van der Waals surface area contributed by atoms with E-state index in [-0.39, 0.29) is 5.78 Å². The lowest BCUT2D eigenvalue weighted by Gasteiger charge is -2.17. The third kappa shape index (κ3) is 4.98. The molecule has 7 nitrogen and oxygen atoms in total. The third-order valence-corrected chi connectivity index (χ3v) is 7.61. The Bertz CT molecular complexity index is 1060. The highest BCUT2D eigenvalue weighted by Gasteiger charge is 2.36. The van der Waals surface area contributed by atoms with Crippen molar-refractivity contribution in [3.8, 4) is 28.4 Å². The second-order valence-corrected chi connectivity index (χ2v) is 9.95. The van der Waals surface area contributed by atoms with E-state index >= 15 is 0 Å². The van der Waals surface area contributed by atoms with Crippen molar-refractivity contribution in [2.75, 3.05) is 52.2 Å². The Balaban J connectivity index is 1.32. The zero-order valence-electron chi connectivity index (χ0n) is 20.7. The molecule has 2 heterocycles. The smallest absolute Gasteiger partial charge is 0.196 e. The zero-order valence-corrected chi connectivity index (χ0v) is 20.7. The van der Waals surface area contributed by atoms with Crippen molar-refractivity contribution in [1.29, 1.82) is 0 Å². The number of hydrogen-bond donors (Lipinski definition) is 3. The van der Waals surface area contributed by atoms with Gasteiger partial charge in [-0.25, -0.2) is 0 Å². The van der Waals surface area contributed by atoms with Gasteiger partial charge in [-0.15, -0.1) is 0 Å². The number of fused-ring (bicyclic) bond motifs is 3. The molecule has 2 atom stereocenters. The molecule has 0 spiro atoms. The number of nitrogen functional groups attached to an aromatic ring is 1. The highest BCUT2D eigenvalue weighted by Crippen LogP contribution is 2.51. The summed E-state index contributed by atoms with van der Waals surface area (Å²) < 4.78 is 18.0. The number of rotatable bonds is 11. The minimum Gasteiger partial charge on any atom is -0.496 e. The van der Waals surface area contributed by atoms with Crippen LogP contribution in [0.1, 0.15) is 54.4 Å². The number of benzene rings is 2. The molecular formula is C28H37N3O4. The van der Waals surface area contributed by atoms with E-state index in [1.807, 2.05) is 24.3 Å². The molecule has 0 bridgehead atoms. The fourth-order valence-corrected chi connectivity index (χ4v) is 5.68. The molecular weight excluding hydrogens is 442 g/mol. The van der Waals surface area contributed by atoms with Crippen LogP contribution in [-0.4, -0.2) is 52.3 Å². The zero-order chi connectivity index (χ0) is 24.2. The van der Waals surface area contributed by atoms with Gasteiger partial charge in [0.15, 0.2) is 5.78 Å². The lowest BCUT2D eigenvalue weighted by atomic mass is 10.0. The van der Waals surface area contributed by atoms with Crippen LogP contribution in [-0.2, 0) is 0 Å². The molecule has 2 aromatic rings. The van der Waals surface area contributed by atoms with Gasteiger partial charge in [-0.3, -0.25) is 4.79 Å². The minimum atomic E-state index is -0.101. The maximum Gasteiger partial charge on any atom is 0.196 e. The van der Waals surface area contributed by atoms with Gasteiger partial charge in [0.1, 0.15) is 17.2 Å². The molecule has 0 aromatic heterocycles. The summed E-state index contributed by atoms with van der Waals surface area (Å²) in [5, 5.41) is 6.82. The topological polar surface area (TPSA) is 94.8 Å². The number of nitrogens with one attached hydrogen (secondary N) is 2. The summed E-state index contributed by atoms with van der Waals surface area (Å²) in [6.45, 7) is 5.58. The van der Waals surface area contributed by atoms with Gasteiger partial charge in [0, 0.05) is 22.8 Å². The standard InChI is InChI=1S/C28H37N3O4/c1-33-22-15-23(35-14-4-6-19-10-12-31-17-19)27(29)26-25(22)24-20(28(26)32)7-2-8-21(24)34-13-3-5-18-9-11-30-16-18/h2,7-8,15,18-19,30-31H,3-6,9-14,16-17,29H2,1H3. The van der Waals surface area contributed by atoms with Gasteiger partial charge in [-0.1, -0.05) is 12.1 Å².